The zero-order chi connectivity index (χ0) is 57.5. The summed E-state index contributed by atoms with van der Waals surface area (Å²) in [5.41, 5.74) is 17.7. The minimum Gasteiger partial charge on any atom is -0.493 e. The van der Waals surface area contributed by atoms with E-state index in [9.17, 15) is 9.59 Å². The van der Waals surface area contributed by atoms with Gasteiger partial charge < -0.3 is 71.3 Å². The van der Waals surface area contributed by atoms with Crippen molar-refractivity contribution in [2.24, 2.45) is 0 Å². The number of nitrogen functional groups attached to an aromatic ring is 2. The molecule has 450 valence electrons. The zero-order valence-corrected chi connectivity index (χ0v) is 50.1. The van der Waals surface area contributed by atoms with Gasteiger partial charge in [-0.25, -0.2) is 9.97 Å². The number of unbranched alkanes of at least 4 members (excludes halogenated alkanes) is 9. The van der Waals surface area contributed by atoms with Crippen LogP contribution < -0.4 is 61.5 Å². The highest BCUT2D eigenvalue weighted by atomic mass is 35.5. The van der Waals surface area contributed by atoms with Crippen LogP contribution in [-0.4, -0.2) is 162 Å². The second-order valence-corrected chi connectivity index (χ2v) is 21.3. The van der Waals surface area contributed by atoms with Crippen LogP contribution in [-0.2, 0) is 13.1 Å². The number of amides is 2. The van der Waals surface area contributed by atoms with Crippen molar-refractivity contribution in [3.05, 3.63) is 95.1 Å². The number of halogens is 1. The quantitative estimate of drug-likeness (QED) is 0.0215. The van der Waals surface area contributed by atoms with Crippen LogP contribution in [0.4, 0.5) is 23.5 Å². The summed E-state index contributed by atoms with van der Waals surface area (Å²) < 4.78 is 21.8. The summed E-state index contributed by atoms with van der Waals surface area (Å²) in [6.45, 7) is 12.5. The Bertz CT molecular complexity index is 2790. The van der Waals surface area contributed by atoms with E-state index in [1.54, 1.807) is 40.6 Å². The first kappa shape index (κ1) is 63.6. The lowest BCUT2D eigenvalue weighted by Crippen LogP contribution is -2.49. The molecule has 0 radical (unpaired) electrons. The maximum absolute atomic E-state index is 13.5. The number of aromatic nitrogens is 4. The van der Waals surface area contributed by atoms with Gasteiger partial charge in [-0.2, -0.15) is 9.97 Å². The Hall–Kier alpha value is -6.97. The molecule has 83 heavy (non-hydrogen) atoms. The fraction of sp³-hybridized carbons (Fsp3) is 0.516. The van der Waals surface area contributed by atoms with Gasteiger partial charge in [0.15, 0.2) is 23.0 Å². The number of ether oxygens (including phenoxy) is 4. The van der Waals surface area contributed by atoms with E-state index >= 15 is 0 Å². The SMILES string of the molecule is COc1cc2nc(N3CCN(C(=O)c4cccc(CNCCCCCCNCCCCCCNCCCCCCNCc5cccc(C(=O)N6CCN(c7nc(N)c8cc(OC)c(OC)cc8n7)CC6)c5)c4)CC3)nc(N)c2cc1OC.Cl. The van der Waals surface area contributed by atoms with Crippen LogP contribution in [0.5, 0.6) is 23.0 Å². The van der Waals surface area contributed by atoms with Gasteiger partial charge in [-0.1, -0.05) is 62.8 Å². The Balaban J connectivity index is 0.00000990. The van der Waals surface area contributed by atoms with Crippen molar-refractivity contribution in [2.45, 2.75) is 90.1 Å². The number of carbonyl (C=O) groups excluding carboxylic acids is 2. The highest BCUT2D eigenvalue weighted by molar-refractivity contribution is 5.96. The number of rotatable bonds is 33. The normalized spacial score (nSPS) is 13.6. The van der Waals surface area contributed by atoms with E-state index in [1.165, 1.54) is 64.2 Å². The lowest BCUT2D eigenvalue weighted by molar-refractivity contribution is 0.0738. The van der Waals surface area contributed by atoms with Crippen LogP contribution in [0, 0.1) is 0 Å². The molecule has 2 amide bonds. The summed E-state index contributed by atoms with van der Waals surface area (Å²) in [6, 6.07) is 23.2. The van der Waals surface area contributed by atoms with Crippen LogP contribution in [0.2, 0.25) is 0 Å². The first-order valence-corrected chi connectivity index (χ1v) is 29.6. The van der Waals surface area contributed by atoms with Gasteiger partial charge >= 0.3 is 0 Å². The Morgan fingerprint density at radius 2 is 0.759 bits per heavy atom. The van der Waals surface area contributed by atoms with Crippen LogP contribution in [0.25, 0.3) is 21.8 Å². The molecular weight excluding hydrogens is 1070 g/mol. The molecule has 0 unspecified atom stereocenters. The van der Waals surface area contributed by atoms with Gasteiger partial charge in [-0.15, -0.1) is 12.4 Å². The number of nitrogens with zero attached hydrogens (tertiary/aromatic N) is 8. The summed E-state index contributed by atoms with van der Waals surface area (Å²) in [6.07, 6.45) is 14.6. The summed E-state index contributed by atoms with van der Waals surface area (Å²) in [5, 5.41) is 15.9. The van der Waals surface area contributed by atoms with Gasteiger partial charge in [-0.3, -0.25) is 9.59 Å². The van der Waals surface area contributed by atoms with E-state index in [4.69, 9.17) is 40.4 Å². The van der Waals surface area contributed by atoms with Crippen molar-refractivity contribution in [2.75, 3.05) is 141 Å². The van der Waals surface area contributed by atoms with Crippen LogP contribution >= 0.6 is 12.4 Å². The molecular formula is C62H89ClN14O6. The molecule has 2 aliphatic heterocycles. The molecule has 20 nitrogen and oxygen atoms in total. The third-order valence-electron chi connectivity index (χ3n) is 15.5. The van der Waals surface area contributed by atoms with E-state index in [0.717, 1.165) is 76.3 Å². The topological polar surface area (TPSA) is 236 Å². The van der Waals surface area contributed by atoms with Crippen molar-refractivity contribution >= 4 is 69.6 Å². The minimum atomic E-state index is 0. The van der Waals surface area contributed by atoms with Crippen LogP contribution in [0.1, 0.15) is 109 Å². The Labute approximate surface area is 496 Å². The molecule has 8 N–H and O–H groups in total. The van der Waals surface area contributed by atoms with Gasteiger partial charge in [0.2, 0.25) is 11.9 Å². The first-order chi connectivity index (χ1) is 40.2. The maximum Gasteiger partial charge on any atom is 0.253 e. The zero-order valence-electron chi connectivity index (χ0n) is 49.3. The molecule has 0 bridgehead atoms. The van der Waals surface area contributed by atoms with Crippen molar-refractivity contribution in [3.63, 3.8) is 0 Å². The average Bonchev–Trinajstić information content (AvgIpc) is 3.60. The molecule has 0 saturated carbocycles. The molecule has 4 aromatic carbocycles. The second-order valence-electron chi connectivity index (χ2n) is 21.3. The van der Waals surface area contributed by atoms with Crippen LogP contribution in [0.3, 0.4) is 0 Å². The predicted octanol–water partition coefficient (Wildman–Crippen LogP) is 7.86. The second kappa shape index (κ2) is 33.4. The van der Waals surface area contributed by atoms with Crippen molar-refractivity contribution in [3.8, 4) is 23.0 Å². The highest BCUT2D eigenvalue weighted by Crippen LogP contribution is 2.36. The average molecular weight is 1160 g/mol. The van der Waals surface area contributed by atoms with E-state index in [-0.39, 0.29) is 24.2 Å². The molecule has 21 heteroatoms. The monoisotopic (exact) mass is 1160 g/mol. The third kappa shape index (κ3) is 18.3. The van der Waals surface area contributed by atoms with Gasteiger partial charge in [0.1, 0.15) is 11.6 Å². The van der Waals surface area contributed by atoms with E-state index < -0.39 is 0 Å². The third-order valence-corrected chi connectivity index (χ3v) is 15.5. The number of nitrogens with two attached hydrogens (primary N) is 2. The summed E-state index contributed by atoms with van der Waals surface area (Å²) in [5.74, 6) is 4.23. The Morgan fingerprint density at radius 1 is 0.434 bits per heavy atom. The smallest absolute Gasteiger partial charge is 0.253 e. The lowest BCUT2D eigenvalue weighted by Gasteiger charge is -2.35. The van der Waals surface area contributed by atoms with Crippen molar-refractivity contribution in [1.29, 1.82) is 0 Å². The minimum absolute atomic E-state index is 0. The number of hydrogen-bond donors (Lipinski definition) is 6. The number of methoxy groups -OCH3 is 4. The van der Waals surface area contributed by atoms with Gasteiger partial charge in [0, 0.05) is 99.5 Å². The summed E-state index contributed by atoms with van der Waals surface area (Å²) in [7, 11) is 6.36. The van der Waals surface area contributed by atoms with E-state index in [1.807, 2.05) is 58.3 Å². The Kier molecular flexibility index (Phi) is 25.6. The predicted molar refractivity (Wildman–Crippen MR) is 335 cm³/mol. The fourth-order valence-corrected chi connectivity index (χ4v) is 10.7. The number of piperazine rings is 2. The summed E-state index contributed by atoms with van der Waals surface area (Å²) in [4.78, 5) is 53.7. The van der Waals surface area contributed by atoms with Gasteiger partial charge in [0.05, 0.1) is 39.5 Å². The molecule has 2 saturated heterocycles. The van der Waals surface area contributed by atoms with Gasteiger partial charge in [0.25, 0.3) is 11.8 Å². The van der Waals surface area contributed by atoms with Gasteiger partial charge in [-0.05, 0) is 125 Å². The van der Waals surface area contributed by atoms with Crippen molar-refractivity contribution < 1.29 is 28.5 Å². The molecule has 0 spiro atoms. The van der Waals surface area contributed by atoms with Crippen LogP contribution in [0.15, 0.2) is 72.8 Å². The van der Waals surface area contributed by atoms with E-state index in [0.29, 0.717) is 132 Å². The molecule has 0 aliphatic carbocycles. The number of fused-ring (bicyclic) bond motifs is 2. The molecule has 2 fully saturated rings. The number of nitrogens with one attached hydrogen (secondary N) is 4. The molecule has 4 heterocycles. The first-order valence-electron chi connectivity index (χ1n) is 29.6. The summed E-state index contributed by atoms with van der Waals surface area (Å²) >= 11 is 0. The highest BCUT2D eigenvalue weighted by Gasteiger charge is 2.27. The fourth-order valence-electron chi connectivity index (χ4n) is 10.7. The maximum atomic E-state index is 13.5. The molecule has 8 rings (SSSR count). The molecule has 2 aliphatic rings. The number of benzene rings is 4. The Morgan fingerprint density at radius 3 is 1.10 bits per heavy atom. The molecule has 0 atom stereocenters. The largest absolute Gasteiger partial charge is 0.493 e. The molecule has 2 aromatic heterocycles. The number of hydrogen-bond acceptors (Lipinski definition) is 18. The van der Waals surface area contributed by atoms with E-state index in [2.05, 4.69) is 53.2 Å². The standard InChI is InChI=1S/C62H88N14O6.ClH/c1-79-53-39-49-51(41-55(53)81-3)69-61(71-57(49)63)75-33-29-73(30-34-75)59(77)47-21-17-19-45(37-47)43-67-27-15-9-7-13-25-65-23-11-5-6-12-24-66-26-14-8-10-16-28-68-44-46-20-18-22-48(38-46)60(78)74-31-35-76(36-32-74)62-70-52-42-56(82-4)54(80-2)40-50(52)58(64)72-62;/h17-22,37-42,65-68H,5-16,23-36,43-44H2,1-4H3,(H2,63,69,71)(H2,64,70,72);1H. The number of carbonyl (C=O) groups is 2. The molecule has 6 aromatic rings. The van der Waals surface area contributed by atoms with Crippen molar-refractivity contribution in [1.82, 2.24) is 51.0 Å². The number of anilines is 4. The lowest BCUT2D eigenvalue weighted by atomic mass is 10.1.